The van der Waals surface area contributed by atoms with Gasteiger partial charge in [0.05, 0.1) is 12.3 Å². The molecule has 2 rings (SSSR count). The van der Waals surface area contributed by atoms with Crippen LogP contribution in [0.3, 0.4) is 0 Å². The molecule has 2 atom stereocenters. The molecule has 1 aromatic heterocycles. The van der Waals surface area contributed by atoms with Gasteiger partial charge in [-0.1, -0.05) is 6.92 Å². The normalized spacial score (nSPS) is 26.2. The second kappa shape index (κ2) is 5.25. The molecule has 0 amide bonds. The largest absolute Gasteiger partial charge is 0.395 e. The topological polar surface area (TPSA) is 36.4 Å². The summed E-state index contributed by atoms with van der Waals surface area (Å²) >= 11 is 3.38. The van der Waals surface area contributed by atoms with E-state index in [1.165, 1.54) is 6.42 Å². The number of likely N-dealkylation sites (tertiary alicyclic amines) is 1. The molecule has 1 fully saturated rings. The summed E-state index contributed by atoms with van der Waals surface area (Å²) in [6, 6.07) is 4.34. The number of rotatable bonds is 3. The maximum atomic E-state index is 9.36. The summed E-state index contributed by atoms with van der Waals surface area (Å²) in [6.45, 7) is 4.35. The molecule has 1 aliphatic rings. The summed E-state index contributed by atoms with van der Waals surface area (Å²) in [4.78, 5) is 6.69. The van der Waals surface area contributed by atoms with E-state index in [9.17, 15) is 5.11 Å². The number of aromatic nitrogens is 1. The van der Waals surface area contributed by atoms with E-state index in [2.05, 4.69) is 32.7 Å². The van der Waals surface area contributed by atoms with Crippen molar-refractivity contribution in [1.82, 2.24) is 9.88 Å². The van der Waals surface area contributed by atoms with E-state index in [1.54, 1.807) is 0 Å². The molecule has 0 saturated carbocycles. The molecule has 2 heterocycles. The molecule has 16 heavy (non-hydrogen) atoms. The Balaban J connectivity index is 2.01. The average Bonchev–Trinajstić information content (AvgIpc) is 2.63. The first-order valence-electron chi connectivity index (χ1n) is 5.66. The Labute approximate surface area is 105 Å². The van der Waals surface area contributed by atoms with Gasteiger partial charge in [-0.15, -0.1) is 0 Å². The van der Waals surface area contributed by atoms with Crippen LogP contribution in [0.5, 0.6) is 0 Å². The van der Waals surface area contributed by atoms with Gasteiger partial charge >= 0.3 is 0 Å². The van der Waals surface area contributed by atoms with Crippen molar-refractivity contribution in [3.8, 4) is 0 Å². The maximum Gasteiger partial charge on any atom is 0.0589 e. The molecular formula is C12H17BrN2O. The van der Waals surface area contributed by atoms with Crippen LogP contribution in [0.15, 0.2) is 22.8 Å². The van der Waals surface area contributed by atoms with Gasteiger partial charge in [0.15, 0.2) is 0 Å². The van der Waals surface area contributed by atoms with Gasteiger partial charge in [-0.05, 0) is 46.9 Å². The number of pyridine rings is 1. The van der Waals surface area contributed by atoms with E-state index in [0.717, 1.165) is 23.3 Å². The highest BCUT2D eigenvalue weighted by Gasteiger charge is 2.30. The molecule has 3 nitrogen and oxygen atoms in total. The van der Waals surface area contributed by atoms with E-state index >= 15 is 0 Å². The summed E-state index contributed by atoms with van der Waals surface area (Å²) in [5.74, 6) is 0.584. The molecule has 0 radical (unpaired) electrons. The van der Waals surface area contributed by atoms with Gasteiger partial charge in [0.25, 0.3) is 0 Å². The number of hydrogen-bond acceptors (Lipinski definition) is 3. The Morgan fingerprint density at radius 3 is 3.00 bits per heavy atom. The third kappa shape index (κ3) is 2.62. The summed E-state index contributed by atoms with van der Waals surface area (Å²) < 4.78 is 1.00. The van der Waals surface area contributed by atoms with Crippen LogP contribution in [-0.2, 0) is 6.54 Å². The predicted molar refractivity (Wildman–Crippen MR) is 67.0 cm³/mol. The Morgan fingerprint density at radius 2 is 2.38 bits per heavy atom. The van der Waals surface area contributed by atoms with Crippen LogP contribution in [0, 0.1) is 5.92 Å². The van der Waals surface area contributed by atoms with Crippen molar-refractivity contribution in [2.45, 2.75) is 25.9 Å². The first-order chi connectivity index (χ1) is 7.70. The van der Waals surface area contributed by atoms with Crippen molar-refractivity contribution in [3.05, 3.63) is 28.5 Å². The van der Waals surface area contributed by atoms with Crippen molar-refractivity contribution in [3.63, 3.8) is 0 Å². The molecular weight excluding hydrogens is 268 g/mol. The van der Waals surface area contributed by atoms with Crippen molar-refractivity contribution in [1.29, 1.82) is 0 Å². The first kappa shape index (κ1) is 12.0. The maximum absolute atomic E-state index is 9.36. The lowest BCUT2D eigenvalue weighted by Crippen LogP contribution is -2.34. The van der Waals surface area contributed by atoms with Gasteiger partial charge in [-0.3, -0.25) is 9.88 Å². The third-order valence-electron chi connectivity index (χ3n) is 3.34. The monoisotopic (exact) mass is 284 g/mol. The Hall–Kier alpha value is -0.450. The molecule has 0 spiro atoms. The van der Waals surface area contributed by atoms with E-state index in [0.29, 0.717) is 12.0 Å². The van der Waals surface area contributed by atoms with Crippen LogP contribution in [0.4, 0.5) is 0 Å². The van der Waals surface area contributed by atoms with Crippen molar-refractivity contribution in [2.75, 3.05) is 13.2 Å². The van der Waals surface area contributed by atoms with Gasteiger partial charge in [0.1, 0.15) is 0 Å². The lowest BCUT2D eigenvalue weighted by Gasteiger charge is -2.24. The third-order valence-corrected chi connectivity index (χ3v) is 3.81. The number of halogens is 1. The molecule has 0 bridgehead atoms. The quantitative estimate of drug-likeness (QED) is 0.923. The molecule has 2 unspecified atom stereocenters. The van der Waals surface area contributed by atoms with E-state index in [4.69, 9.17) is 0 Å². The fourth-order valence-electron chi connectivity index (χ4n) is 2.29. The standard InChI is InChI=1S/C12H17BrN2O/c1-9-4-5-15(12(9)8-16)7-11-3-2-10(13)6-14-11/h2-3,6,9,12,16H,4-5,7-8H2,1H3. The average molecular weight is 285 g/mol. The molecule has 1 aromatic rings. The van der Waals surface area contributed by atoms with Crippen LogP contribution in [0.25, 0.3) is 0 Å². The van der Waals surface area contributed by atoms with Crippen LogP contribution in [-0.4, -0.2) is 34.2 Å². The highest BCUT2D eigenvalue weighted by atomic mass is 79.9. The molecule has 0 aliphatic carbocycles. The Kier molecular flexibility index (Phi) is 3.95. The lowest BCUT2D eigenvalue weighted by atomic mass is 10.0. The van der Waals surface area contributed by atoms with E-state index < -0.39 is 0 Å². The van der Waals surface area contributed by atoms with Gasteiger partial charge < -0.3 is 5.11 Å². The molecule has 1 aliphatic heterocycles. The van der Waals surface area contributed by atoms with E-state index in [-0.39, 0.29) is 6.61 Å². The zero-order valence-corrected chi connectivity index (χ0v) is 11.0. The number of hydrogen-bond donors (Lipinski definition) is 1. The van der Waals surface area contributed by atoms with Gasteiger partial charge in [0.2, 0.25) is 0 Å². The summed E-state index contributed by atoms with van der Waals surface area (Å²) in [5, 5.41) is 9.36. The second-order valence-corrected chi connectivity index (χ2v) is 5.37. The van der Waals surface area contributed by atoms with Crippen LogP contribution >= 0.6 is 15.9 Å². The number of nitrogens with zero attached hydrogens (tertiary/aromatic N) is 2. The van der Waals surface area contributed by atoms with E-state index in [1.807, 2.05) is 18.3 Å². The molecule has 1 saturated heterocycles. The zero-order valence-electron chi connectivity index (χ0n) is 9.43. The number of aliphatic hydroxyl groups is 1. The SMILES string of the molecule is CC1CCN(Cc2ccc(Br)cn2)C1CO. The Morgan fingerprint density at radius 1 is 1.56 bits per heavy atom. The summed E-state index contributed by atoms with van der Waals surface area (Å²) in [6.07, 6.45) is 2.99. The van der Waals surface area contributed by atoms with Crippen molar-refractivity contribution in [2.24, 2.45) is 5.92 Å². The van der Waals surface area contributed by atoms with Crippen molar-refractivity contribution < 1.29 is 5.11 Å². The summed E-state index contributed by atoms with van der Waals surface area (Å²) in [5.41, 5.74) is 1.07. The molecule has 88 valence electrons. The summed E-state index contributed by atoms with van der Waals surface area (Å²) in [7, 11) is 0. The lowest BCUT2D eigenvalue weighted by molar-refractivity contribution is 0.133. The van der Waals surface area contributed by atoms with Crippen LogP contribution in [0.2, 0.25) is 0 Å². The zero-order chi connectivity index (χ0) is 11.5. The minimum Gasteiger partial charge on any atom is -0.395 e. The predicted octanol–water partition coefficient (Wildman–Crippen LogP) is 2.05. The fraction of sp³-hybridized carbons (Fsp3) is 0.583. The molecule has 1 N–H and O–H groups in total. The van der Waals surface area contributed by atoms with Crippen LogP contribution < -0.4 is 0 Å². The van der Waals surface area contributed by atoms with Crippen molar-refractivity contribution >= 4 is 15.9 Å². The Bertz CT molecular complexity index is 341. The minimum atomic E-state index is 0.248. The smallest absolute Gasteiger partial charge is 0.0589 e. The highest BCUT2D eigenvalue weighted by molar-refractivity contribution is 9.10. The molecule has 0 aromatic carbocycles. The second-order valence-electron chi connectivity index (χ2n) is 4.45. The number of aliphatic hydroxyl groups excluding tert-OH is 1. The van der Waals surface area contributed by atoms with Gasteiger partial charge in [0, 0.05) is 23.3 Å². The van der Waals surface area contributed by atoms with Crippen LogP contribution in [0.1, 0.15) is 19.0 Å². The fourth-order valence-corrected chi connectivity index (χ4v) is 2.52. The van der Waals surface area contributed by atoms with Gasteiger partial charge in [-0.25, -0.2) is 0 Å². The first-order valence-corrected chi connectivity index (χ1v) is 6.45. The van der Waals surface area contributed by atoms with Gasteiger partial charge in [-0.2, -0.15) is 0 Å². The molecule has 4 heteroatoms. The minimum absolute atomic E-state index is 0.248. The highest BCUT2D eigenvalue weighted by Crippen LogP contribution is 2.24.